The Hall–Kier alpha value is -1.68. The second kappa shape index (κ2) is 15.2. The molecule has 1 heterocycles. The van der Waals surface area contributed by atoms with E-state index in [1.165, 1.54) is 16.7 Å². The van der Waals surface area contributed by atoms with Gasteiger partial charge in [-0.05, 0) is 22.6 Å². The van der Waals surface area contributed by atoms with Gasteiger partial charge in [0.15, 0.2) is 5.96 Å². The summed E-state index contributed by atoms with van der Waals surface area (Å²) in [5.74, 6) is 1.20. The summed E-state index contributed by atoms with van der Waals surface area (Å²) in [4.78, 5) is 6.77. The van der Waals surface area contributed by atoms with E-state index in [2.05, 4.69) is 63.8 Å². The minimum Gasteiger partial charge on any atom is -0.379 e. The van der Waals surface area contributed by atoms with Crippen molar-refractivity contribution in [3.63, 3.8) is 0 Å². The molecule has 1 aliphatic heterocycles. The van der Waals surface area contributed by atoms with Gasteiger partial charge in [-0.15, -0.1) is 24.0 Å². The molecule has 2 aromatic rings. The number of ether oxygens (including phenoxy) is 2. The van der Waals surface area contributed by atoms with E-state index in [4.69, 9.17) is 9.47 Å². The number of halogens is 1. The van der Waals surface area contributed by atoms with Crippen LogP contribution in [0.2, 0.25) is 0 Å². The van der Waals surface area contributed by atoms with Crippen molar-refractivity contribution in [2.24, 2.45) is 10.9 Å². The normalized spacial score (nSPS) is 15.6. The molecule has 6 nitrogen and oxygen atoms in total. The Bertz CT molecular complexity index is 780. The minimum absolute atomic E-state index is 0. The lowest BCUT2D eigenvalue weighted by Gasteiger charge is -2.26. The fourth-order valence-electron chi connectivity index (χ4n) is 3.47. The lowest BCUT2D eigenvalue weighted by molar-refractivity contribution is 0.0342. The molecule has 3 rings (SSSR count). The Balaban J connectivity index is 0.00000363. The Labute approximate surface area is 209 Å². The molecule has 2 aromatic carbocycles. The van der Waals surface area contributed by atoms with Crippen molar-refractivity contribution in [2.75, 3.05) is 46.5 Å². The first-order chi connectivity index (χ1) is 15.2. The van der Waals surface area contributed by atoms with Gasteiger partial charge in [-0.3, -0.25) is 9.89 Å². The Morgan fingerprint density at radius 1 is 1.00 bits per heavy atom. The fraction of sp³-hybridized carbons (Fsp3) is 0.480. The molecule has 0 saturated carbocycles. The highest BCUT2D eigenvalue weighted by atomic mass is 127. The molecule has 1 fully saturated rings. The molecule has 0 aliphatic carbocycles. The van der Waals surface area contributed by atoms with E-state index < -0.39 is 0 Å². The monoisotopic (exact) mass is 552 g/mol. The summed E-state index contributed by atoms with van der Waals surface area (Å²) in [6.45, 7) is 9.80. The minimum atomic E-state index is 0. The number of morpholine rings is 1. The van der Waals surface area contributed by atoms with E-state index >= 15 is 0 Å². The second-order valence-corrected chi connectivity index (χ2v) is 8.12. The van der Waals surface area contributed by atoms with Crippen molar-refractivity contribution in [3.8, 4) is 0 Å². The molecular weight excluding hydrogens is 515 g/mol. The van der Waals surface area contributed by atoms with Crippen LogP contribution in [0.5, 0.6) is 0 Å². The van der Waals surface area contributed by atoms with Crippen LogP contribution in [0.4, 0.5) is 0 Å². The maximum Gasteiger partial charge on any atom is 0.191 e. The predicted molar refractivity (Wildman–Crippen MR) is 141 cm³/mol. The topological polar surface area (TPSA) is 58.1 Å². The molecule has 32 heavy (non-hydrogen) atoms. The fourth-order valence-corrected chi connectivity index (χ4v) is 3.47. The average molecular weight is 553 g/mol. The van der Waals surface area contributed by atoms with E-state index in [1.54, 1.807) is 7.05 Å². The first-order valence-corrected chi connectivity index (χ1v) is 11.2. The van der Waals surface area contributed by atoms with Crippen molar-refractivity contribution in [1.29, 1.82) is 0 Å². The van der Waals surface area contributed by atoms with Gasteiger partial charge in [-0.25, -0.2) is 0 Å². The molecule has 0 bridgehead atoms. The maximum absolute atomic E-state index is 5.83. The van der Waals surface area contributed by atoms with Crippen molar-refractivity contribution in [3.05, 3.63) is 71.3 Å². The number of nitrogens with one attached hydrogen (secondary N) is 2. The van der Waals surface area contributed by atoms with Gasteiger partial charge >= 0.3 is 0 Å². The summed E-state index contributed by atoms with van der Waals surface area (Å²) in [5.41, 5.74) is 3.79. The molecule has 1 saturated heterocycles. The van der Waals surface area contributed by atoms with Crippen LogP contribution in [-0.2, 0) is 29.2 Å². The summed E-state index contributed by atoms with van der Waals surface area (Å²) in [6.07, 6.45) is 0. The average Bonchev–Trinajstić information content (AvgIpc) is 2.81. The van der Waals surface area contributed by atoms with E-state index in [0.717, 1.165) is 51.9 Å². The van der Waals surface area contributed by atoms with Crippen molar-refractivity contribution in [1.82, 2.24) is 15.5 Å². The first kappa shape index (κ1) is 26.6. The van der Waals surface area contributed by atoms with Crippen LogP contribution < -0.4 is 10.6 Å². The van der Waals surface area contributed by atoms with Gasteiger partial charge < -0.3 is 20.1 Å². The summed E-state index contributed by atoms with van der Waals surface area (Å²) in [6, 6.07) is 19.1. The molecule has 1 aliphatic rings. The van der Waals surface area contributed by atoms with Gasteiger partial charge in [0.1, 0.15) is 0 Å². The Kier molecular flexibility index (Phi) is 12.6. The van der Waals surface area contributed by atoms with Crippen LogP contribution in [-0.4, -0.2) is 57.4 Å². The van der Waals surface area contributed by atoms with Crippen LogP contribution in [0.3, 0.4) is 0 Å². The molecule has 0 amide bonds. The first-order valence-electron chi connectivity index (χ1n) is 11.2. The van der Waals surface area contributed by atoms with Crippen molar-refractivity contribution < 1.29 is 9.47 Å². The molecule has 1 unspecified atom stereocenters. The van der Waals surface area contributed by atoms with Gasteiger partial charge in [0, 0.05) is 39.8 Å². The predicted octanol–water partition coefficient (Wildman–Crippen LogP) is 3.65. The molecule has 0 aromatic heterocycles. The zero-order chi connectivity index (χ0) is 21.7. The summed E-state index contributed by atoms with van der Waals surface area (Å²) in [5, 5.41) is 6.79. The van der Waals surface area contributed by atoms with Gasteiger partial charge in [0.05, 0.1) is 26.4 Å². The third-order valence-corrected chi connectivity index (χ3v) is 5.35. The third kappa shape index (κ3) is 9.85. The largest absolute Gasteiger partial charge is 0.379 e. The summed E-state index contributed by atoms with van der Waals surface area (Å²) < 4.78 is 11.3. The number of rotatable bonds is 10. The highest BCUT2D eigenvalue weighted by Gasteiger charge is 2.10. The van der Waals surface area contributed by atoms with Gasteiger partial charge in [-0.1, -0.05) is 61.5 Å². The van der Waals surface area contributed by atoms with Gasteiger partial charge in [0.2, 0.25) is 0 Å². The van der Waals surface area contributed by atoms with Crippen molar-refractivity contribution >= 4 is 29.9 Å². The highest BCUT2D eigenvalue weighted by Crippen LogP contribution is 2.09. The molecular formula is C25H37IN4O2. The highest BCUT2D eigenvalue weighted by molar-refractivity contribution is 14.0. The molecule has 2 N–H and O–H groups in total. The number of hydrogen-bond donors (Lipinski definition) is 2. The third-order valence-electron chi connectivity index (χ3n) is 5.35. The molecule has 0 radical (unpaired) electrons. The quantitative estimate of drug-likeness (QED) is 0.268. The zero-order valence-corrected chi connectivity index (χ0v) is 21.6. The van der Waals surface area contributed by atoms with Crippen LogP contribution in [0, 0.1) is 5.92 Å². The smallest absolute Gasteiger partial charge is 0.191 e. The lowest BCUT2D eigenvalue weighted by Crippen LogP contribution is -2.39. The Morgan fingerprint density at radius 2 is 1.69 bits per heavy atom. The van der Waals surface area contributed by atoms with Crippen LogP contribution in [0.15, 0.2) is 59.6 Å². The standard InChI is InChI=1S/C25H36N4O2.HI/c1-21(19-31-20-24-6-4-3-5-7-24)16-27-25(26-2)28-17-22-8-10-23(11-9-22)18-29-12-14-30-15-13-29;/h3-11,21H,12-20H2,1-2H3,(H2,26,27,28);1H. The molecule has 1 atom stereocenters. The van der Waals surface area contributed by atoms with E-state index in [0.29, 0.717) is 19.1 Å². The molecule has 0 spiro atoms. The van der Waals surface area contributed by atoms with Crippen LogP contribution >= 0.6 is 24.0 Å². The lowest BCUT2D eigenvalue weighted by atomic mass is 10.1. The van der Waals surface area contributed by atoms with Gasteiger partial charge in [-0.2, -0.15) is 0 Å². The Morgan fingerprint density at radius 3 is 2.38 bits per heavy atom. The number of aliphatic imine (C=N–C) groups is 1. The maximum atomic E-state index is 5.83. The number of hydrogen-bond acceptors (Lipinski definition) is 4. The SMILES string of the molecule is CN=C(NCc1ccc(CN2CCOCC2)cc1)NCC(C)COCc1ccccc1.I. The molecule has 176 valence electrons. The van der Waals surface area contributed by atoms with Crippen LogP contribution in [0.1, 0.15) is 23.6 Å². The van der Waals surface area contributed by atoms with Crippen molar-refractivity contribution in [2.45, 2.75) is 26.6 Å². The summed E-state index contributed by atoms with van der Waals surface area (Å²) in [7, 11) is 1.80. The van der Waals surface area contributed by atoms with E-state index in [1.807, 2.05) is 18.2 Å². The molecule has 7 heteroatoms. The number of guanidine groups is 1. The second-order valence-electron chi connectivity index (χ2n) is 8.12. The number of nitrogens with zero attached hydrogens (tertiary/aromatic N) is 2. The number of benzene rings is 2. The zero-order valence-electron chi connectivity index (χ0n) is 19.3. The van der Waals surface area contributed by atoms with E-state index in [9.17, 15) is 0 Å². The van der Waals surface area contributed by atoms with E-state index in [-0.39, 0.29) is 24.0 Å². The van der Waals surface area contributed by atoms with Gasteiger partial charge in [0.25, 0.3) is 0 Å². The van der Waals surface area contributed by atoms with Crippen LogP contribution in [0.25, 0.3) is 0 Å². The summed E-state index contributed by atoms with van der Waals surface area (Å²) >= 11 is 0.